The molecule has 1 unspecified atom stereocenters. The summed E-state index contributed by atoms with van der Waals surface area (Å²) in [6.45, 7) is 11.0. The van der Waals surface area contributed by atoms with Crippen LogP contribution in [0, 0.1) is 13.8 Å². The lowest BCUT2D eigenvalue weighted by molar-refractivity contribution is -0.123. The smallest absolute Gasteiger partial charge is 0.234 e. The van der Waals surface area contributed by atoms with Gasteiger partial charge in [0.05, 0.1) is 24.9 Å². The van der Waals surface area contributed by atoms with Crippen molar-refractivity contribution >= 4 is 5.91 Å². The van der Waals surface area contributed by atoms with E-state index in [4.69, 9.17) is 10.8 Å². The molecule has 0 aliphatic carbocycles. The van der Waals surface area contributed by atoms with Crippen LogP contribution in [0.5, 0.6) is 0 Å². The molecule has 0 spiro atoms. The van der Waals surface area contributed by atoms with Gasteiger partial charge in [0, 0.05) is 44.0 Å². The van der Waals surface area contributed by atoms with Crippen molar-refractivity contribution in [3.8, 4) is 0 Å². The number of carbonyl (C=O) groups is 1. The largest absolute Gasteiger partial charge is 0.394 e. The van der Waals surface area contributed by atoms with Gasteiger partial charge in [-0.1, -0.05) is 0 Å². The van der Waals surface area contributed by atoms with Gasteiger partial charge in [0.2, 0.25) is 5.91 Å². The third kappa shape index (κ3) is 3.66. The number of hydrogen-bond donors (Lipinski definition) is 2. The van der Waals surface area contributed by atoms with Gasteiger partial charge in [0.25, 0.3) is 0 Å². The van der Waals surface area contributed by atoms with Gasteiger partial charge in [0.15, 0.2) is 0 Å². The number of nitrogens with zero attached hydrogens (tertiary/aromatic N) is 4. The molecule has 1 aromatic rings. The molecule has 0 aromatic carbocycles. The molecule has 2 heterocycles. The fraction of sp³-hybridized carbons (Fsp3) is 0.733. The Morgan fingerprint density at radius 3 is 2.50 bits per heavy atom. The first kappa shape index (κ1) is 16.9. The highest BCUT2D eigenvalue weighted by atomic mass is 16.3. The molecule has 1 aliphatic heterocycles. The van der Waals surface area contributed by atoms with Crippen LogP contribution in [0.1, 0.15) is 23.9 Å². The Labute approximate surface area is 131 Å². The monoisotopic (exact) mass is 309 g/mol. The van der Waals surface area contributed by atoms with Crippen LogP contribution in [0.3, 0.4) is 0 Å². The number of aliphatic hydroxyl groups is 1. The molecule has 7 heteroatoms. The summed E-state index contributed by atoms with van der Waals surface area (Å²) in [5.41, 5.74) is 8.76. The molecule has 0 radical (unpaired) electrons. The molecule has 1 atom stereocenters. The normalized spacial score (nSPS) is 18.5. The van der Waals surface area contributed by atoms with E-state index < -0.39 is 0 Å². The maximum Gasteiger partial charge on any atom is 0.234 e. The number of nitrogens with two attached hydrogens (primary N) is 1. The number of aliphatic hydroxyl groups excluding tert-OH is 1. The van der Waals surface area contributed by atoms with Crippen molar-refractivity contribution in [3.63, 3.8) is 0 Å². The van der Waals surface area contributed by atoms with Crippen molar-refractivity contribution in [3.05, 3.63) is 17.0 Å². The topological polar surface area (TPSA) is 87.6 Å². The van der Waals surface area contributed by atoms with Crippen LogP contribution in [-0.2, 0) is 17.9 Å². The lowest BCUT2D eigenvalue weighted by Crippen LogP contribution is -2.52. The number of aromatic nitrogens is 2. The number of hydrogen-bond acceptors (Lipinski definition) is 5. The highest BCUT2D eigenvalue weighted by molar-refractivity contribution is 5.79. The summed E-state index contributed by atoms with van der Waals surface area (Å²) in [6.07, 6.45) is 0. The zero-order chi connectivity index (χ0) is 16.3. The van der Waals surface area contributed by atoms with Crippen molar-refractivity contribution in [2.75, 3.05) is 32.8 Å². The van der Waals surface area contributed by atoms with Crippen molar-refractivity contribution in [1.29, 1.82) is 0 Å². The molecule has 0 saturated carbocycles. The minimum absolute atomic E-state index is 0.102. The van der Waals surface area contributed by atoms with Gasteiger partial charge in [-0.15, -0.1) is 0 Å². The summed E-state index contributed by atoms with van der Waals surface area (Å²) < 4.78 is 1.87. The summed E-state index contributed by atoms with van der Waals surface area (Å²) in [5.74, 6) is -0.259. The lowest BCUT2D eigenvalue weighted by atomic mass is 10.1. The second-order valence-electron chi connectivity index (χ2n) is 5.99. The van der Waals surface area contributed by atoms with Crippen LogP contribution in [0.15, 0.2) is 0 Å². The molecule has 124 valence electrons. The van der Waals surface area contributed by atoms with Crippen molar-refractivity contribution in [2.24, 2.45) is 5.73 Å². The number of piperazine rings is 1. The fourth-order valence-corrected chi connectivity index (χ4v) is 2.99. The van der Waals surface area contributed by atoms with Crippen LogP contribution in [0.4, 0.5) is 0 Å². The average Bonchev–Trinajstić information content (AvgIpc) is 2.75. The molecule has 3 N–H and O–H groups in total. The summed E-state index contributed by atoms with van der Waals surface area (Å²) >= 11 is 0. The fourth-order valence-electron chi connectivity index (χ4n) is 2.99. The minimum atomic E-state index is -0.259. The highest BCUT2D eigenvalue weighted by Crippen LogP contribution is 2.17. The summed E-state index contributed by atoms with van der Waals surface area (Å²) in [4.78, 5) is 15.8. The number of primary amides is 1. The summed E-state index contributed by atoms with van der Waals surface area (Å²) in [7, 11) is 0. The Morgan fingerprint density at radius 1 is 1.32 bits per heavy atom. The van der Waals surface area contributed by atoms with Gasteiger partial charge < -0.3 is 10.8 Å². The van der Waals surface area contributed by atoms with Gasteiger partial charge in [-0.05, 0) is 20.8 Å². The molecule has 2 rings (SSSR count). The van der Waals surface area contributed by atoms with E-state index in [2.05, 4.69) is 21.8 Å². The molecule has 1 aromatic heterocycles. The molecule has 1 saturated heterocycles. The van der Waals surface area contributed by atoms with E-state index in [1.807, 2.05) is 18.5 Å². The number of rotatable bonds is 6. The van der Waals surface area contributed by atoms with E-state index >= 15 is 0 Å². The molecule has 1 amide bonds. The predicted molar refractivity (Wildman–Crippen MR) is 84.3 cm³/mol. The van der Waals surface area contributed by atoms with Gasteiger partial charge in [-0.2, -0.15) is 5.10 Å². The third-order valence-electron chi connectivity index (χ3n) is 4.59. The molecular weight excluding hydrogens is 282 g/mol. The lowest BCUT2D eigenvalue weighted by Gasteiger charge is -2.37. The summed E-state index contributed by atoms with van der Waals surface area (Å²) in [6, 6.07) is -0.196. The van der Waals surface area contributed by atoms with E-state index in [-0.39, 0.29) is 18.6 Å². The Morgan fingerprint density at radius 2 is 1.95 bits per heavy atom. The standard InChI is InChI=1S/C15H27N5O2/c1-11-14(12(2)20(17-11)8-9-21)10-18-4-6-19(7-5-18)13(3)15(16)22/h13,21H,4-10H2,1-3H3,(H2,16,22). The molecule has 1 aliphatic rings. The van der Waals surface area contributed by atoms with Crippen LogP contribution in [-0.4, -0.2) is 69.4 Å². The van der Waals surface area contributed by atoms with Gasteiger partial charge >= 0.3 is 0 Å². The zero-order valence-electron chi connectivity index (χ0n) is 13.7. The van der Waals surface area contributed by atoms with Crippen LogP contribution in [0.2, 0.25) is 0 Å². The Kier molecular flexibility index (Phi) is 5.55. The minimum Gasteiger partial charge on any atom is -0.394 e. The number of aryl methyl sites for hydroxylation is 1. The Balaban J connectivity index is 1.95. The molecule has 7 nitrogen and oxygen atoms in total. The maximum absolute atomic E-state index is 11.3. The van der Waals surface area contributed by atoms with Gasteiger partial charge in [0.1, 0.15) is 0 Å². The van der Waals surface area contributed by atoms with E-state index in [0.29, 0.717) is 6.54 Å². The Bertz CT molecular complexity index is 520. The maximum atomic E-state index is 11.3. The average molecular weight is 309 g/mol. The molecular formula is C15H27N5O2. The summed E-state index contributed by atoms with van der Waals surface area (Å²) in [5, 5.41) is 13.6. The van der Waals surface area contributed by atoms with E-state index in [9.17, 15) is 4.79 Å². The third-order valence-corrected chi connectivity index (χ3v) is 4.59. The van der Waals surface area contributed by atoms with Crippen molar-refractivity contribution in [1.82, 2.24) is 19.6 Å². The quantitative estimate of drug-likeness (QED) is 0.738. The molecule has 0 bridgehead atoms. The van der Waals surface area contributed by atoms with E-state index in [1.54, 1.807) is 0 Å². The Hall–Kier alpha value is -1.44. The number of amides is 1. The van der Waals surface area contributed by atoms with E-state index in [1.165, 1.54) is 5.56 Å². The molecule has 1 fully saturated rings. The predicted octanol–water partition coefficient (Wildman–Crippen LogP) is -0.516. The number of carbonyl (C=O) groups excluding carboxylic acids is 1. The van der Waals surface area contributed by atoms with Crippen LogP contribution in [0.25, 0.3) is 0 Å². The van der Waals surface area contributed by atoms with Gasteiger partial charge in [-0.3, -0.25) is 19.3 Å². The second kappa shape index (κ2) is 7.21. The van der Waals surface area contributed by atoms with Crippen molar-refractivity contribution in [2.45, 2.75) is 39.9 Å². The van der Waals surface area contributed by atoms with Gasteiger partial charge in [-0.25, -0.2) is 0 Å². The SMILES string of the molecule is Cc1nn(CCO)c(C)c1CN1CCN(C(C)C(N)=O)CC1. The molecule has 22 heavy (non-hydrogen) atoms. The highest BCUT2D eigenvalue weighted by Gasteiger charge is 2.25. The first-order chi connectivity index (χ1) is 10.4. The van der Waals surface area contributed by atoms with E-state index in [0.717, 1.165) is 44.1 Å². The first-order valence-electron chi connectivity index (χ1n) is 7.83. The van der Waals surface area contributed by atoms with Crippen molar-refractivity contribution < 1.29 is 9.90 Å². The van der Waals surface area contributed by atoms with Crippen LogP contribution >= 0.6 is 0 Å². The first-order valence-corrected chi connectivity index (χ1v) is 7.83. The van der Waals surface area contributed by atoms with Crippen LogP contribution < -0.4 is 5.73 Å². The second-order valence-corrected chi connectivity index (χ2v) is 5.99. The zero-order valence-corrected chi connectivity index (χ0v) is 13.7.